The van der Waals surface area contributed by atoms with E-state index in [9.17, 15) is 27.5 Å². The van der Waals surface area contributed by atoms with Crippen molar-refractivity contribution >= 4 is 28.6 Å². The van der Waals surface area contributed by atoms with Crippen molar-refractivity contribution < 1.29 is 36.3 Å². The van der Waals surface area contributed by atoms with Crippen LogP contribution >= 0.6 is 0 Å². The number of aromatic nitrogens is 2. The standard InChI is InChI=1S/C19H16F5N5O3/c1-8-12-2-9(20)3-13(21)14(12)32-15(8)19(24,16(22)23)28-18(31)27-10-4-25-17(26-5-10)29-6-11(30)7-29/h2-5,11,16,30H,6-7H2,1H3,(H2,27,28,31). The second-order valence-corrected chi connectivity index (χ2v) is 7.24. The van der Waals surface area contributed by atoms with E-state index in [4.69, 9.17) is 4.42 Å². The molecule has 0 saturated carbocycles. The molecule has 1 aliphatic heterocycles. The van der Waals surface area contributed by atoms with Crippen LogP contribution in [0.2, 0.25) is 0 Å². The van der Waals surface area contributed by atoms with Crippen molar-refractivity contribution in [1.29, 1.82) is 0 Å². The highest BCUT2D eigenvalue weighted by molar-refractivity contribution is 5.90. The highest BCUT2D eigenvalue weighted by Crippen LogP contribution is 2.39. The molecule has 4 rings (SSSR count). The zero-order valence-electron chi connectivity index (χ0n) is 16.4. The van der Waals surface area contributed by atoms with E-state index in [1.54, 1.807) is 4.90 Å². The number of aliphatic hydroxyl groups is 1. The van der Waals surface area contributed by atoms with E-state index >= 15 is 4.39 Å². The van der Waals surface area contributed by atoms with Gasteiger partial charge in [0.15, 0.2) is 17.2 Å². The fraction of sp³-hybridized carbons (Fsp3) is 0.316. The maximum Gasteiger partial charge on any atom is 0.322 e. The number of halogens is 5. The van der Waals surface area contributed by atoms with Crippen molar-refractivity contribution in [2.75, 3.05) is 23.3 Å². The molecule has 1 saturated heterocycles. The molecule has 8 nitrogen and oxygen atoms in total. The Labute approximate surface area is 177 Å². The zero-order chi connectivity index (χ0) is 23.2. The number of amides is 2. The van der Waals surface area contributed by atoms with E-state index < -0.39 is 47.3 Å². The Morgan fingerprint density at radius 1 is 1.28 bits per heavy atom. The number of hydrogen-bond donors (Lipinski definition) is 3. The van der Waals surface area contributed by atoms with Gasteiger partial charge in [-0.05, 0) is 13.0 Å². The Hall–Kier alpha value is -3.48. The molecule has 170 valence electrons. The molecule has 3 heterocycles. The Bertz CT molecular complexity index is 1170. The van der Waals surface area contributed by atoms with Crippen LogP contribution in [0, 0.1) is 18.6 Å². The van der Waals surface area contributed by atoms with Gasteiger partial charge in [-0.15, -0.1) is 0 Å². The topological polar surface area (TPSA) is 104 Å². The molecular formula is C19H16F5N5O3. The largest absolute Gasteiger partial charge is 0.452 e. The number of carbonyl (C=O) groups excluding carboxylic acids is 1. The van der Waals surface area contributed by atoms with Crippen LogP contribution in [0.4, 0.5) is 38.4 Å². The fourth-order valence-electron chi connectivity index (χ4n) is 3.30. The summed E-state index contributed by atoms with van der Waals surface area (Å²) >= 11 is 0. The second-order valence-electron chi connectivity index (χ2n) is 7.24. The molecule has 1 aromatic carbocycles. The van der Waals surface area contributed by atoms with Gasteiger partial charge < -0.3 is 19.7 Å². The lowest BCUT2D eigenvalue weighted by Gasteiger charge is -2.35. The number of anilines is 2. The van der Waals surface area contributed by atoms with Crippen molar-refractivity contribution in [3.8, 4) is 0 Å². The molecule has 1 unspecified atom stereocenters. The molecule has 1 fully saturated rings. The van der Waals surface area contributed by atoms with Crippen molar-refractivity contribution in [1.82, 2.24) is 15.3 Å². The SMILES string of the molecule is Cc1c(C(F)(NC(=O)Nc2cnc(N3CC(O)C3)nc2)C(F)F)oc2c(F)cc(F)cc12. The van der Waals surface area contributed by atoms with Crippen molar-refractivity contribution in [3.63, 3.8) is 0 Å². The number of alkyl halides is 3. The molecule has 2 amide bonds. The van der Waals surface area contributed by atoms with Crippen LogP contribution in [0.5, 0.6) is 0 Å². The average molecular weight is 457 g/mol. The first-order valence-corrected chi connectivity index (χ1v) is 9.28. The van der Waals surface area contributed by atoms with Gasteiger partial charge in [0.1, 0.15) is 5.82 Å². The molecule has 1 aliphatic rings. The third-order valence-corrected chi connectivity index (χ3v) is 4.92. The lowest BCUT2D eigenvalue weighted by Crippen LogP contribution is -2.51. The summed E-state index contributed by atoms with van der Waals surface area (Å²) in [5, 5.41) is 12.6. The minimum absolute atomic E-state index is 0.0293. The first-order valence-electron chi connectivity index (χ1n) is 9.28. The molecule has 1 atom stereocenters. The van der Waals surface area contributed by atoms with Gasteiger partial charge in [0.05, 0.1) is 24.2 Å². The zero-order valence-corrected chi connectivity index (χ0v) is 16.4. The Morgan fingerprint density at radius 2 is 1.94 bits per heavy atom. The summed E-state index contributed by atoms with van der Waals surface area (Å²) in [4.78, 5) is 21.8. The number of hydrogen-bond acceptors (Lipinski definition) is 6. The lowest BCUT2D eigenvalue weighted by atomic mass is 10.1. The minimum atomic E-state index is -3.84. The number of benzene rings is 1. The number of rotatable bonds is 5. The quantitative estimate of drug-likeness (QED) is 0.402. The van der Waals surface area contributed by atoms with Crippen LogP contribution in [-0.4, -0.2) is 46.7 Å². The number of urea groups is 1. The van der Waals surface area contributed by atoms with Crippen LogP contribution in [0.25, 0.3) is 11.0 Å². The number of nitrogens with one attached hydrogen (secondary N) is 2. The van der Waals surface area contributed by atoms with Gasteiger partial charge in [0.2, 0.25) is 5.95 Å². The van der Waals surface area contributed by atoms with Gasteiger partial charge in [-0.3, -0.25) is 5.32 Å². The van der Waals surface area contributed by atoms with Crippen LogP contribution in [0.1, 0.15) is 11.3 Å². The van der Waals surface area contributed by atoms with E-state index in [2.05, 4.69) is 15.3 Å². The summed E-state index contributed by atoms with van der Waals surface area (Å²) in [5.74, 6) is -6.84. The fourth-order valence-corrected chi connectivity index (χ4v) is 3.30. The van der Waals surface area contributed by atoms with Crippen molar-refractivity contribution in [3.05, 3.63) is 47.5 Å². The predicted molar refractivity (Wildman–Crippen MR) is 102 cm³/mol. The summed E-state index contributed by atoms with van der Waals surface area (Å²) in [6.07, 6.45) is -1.96. The van der Waals surface area contributed by atoms with Gasteiger partial charge in [-0.2, -0.15) is 0 Å². The summed E-state index contributed by atoms with van der Waals surface area (Å²) in [6, 6.07) is -0.111. The van der Waals surface area contributed by atoms with Gasteiger partial charge in [0, 0.05) is 30.1 Å². The second kappa shape index (κ2) is 7.89. The van der Waals surface area contributed by atoms with Gasteiger partial charge >= 0.3 is 11.8 Å². The van der Waals surface area contributed by atoms with Crippen LogP contribution < -0.4 is 15.5 Å². The number of carbonyl (C=O) groups is 1. The predicted octanol–water partition coefficient (Wildman–Crippen LogP) is 3.20. The summed E-state index contributed by atoms with van der Waals surface area (Å²) in [6.45, 7) is 1.82. The number of β-amino-alcohol motifs (C(OH)–C–C–N with tert-alkyl or cyclic N) is 1. The molecule has 0 bridgehead atoms. The maximum absolute atomic E-state index is 15.3. The molecule has 3 aromatic rings. The first kappa shape index (κ1) is 21.7. The number of aliphatic hydroxyl groups excluding tert-OH is 1. The van der Waals surface area contributed by atoms with E-state index in [1.165, 1.54) is 17.7 Å². The van der Waals surface area contributed by atoms with Gasteiger partial charge in [0.25, 0.3) is 6.43 Å². The Balaban J connectivity index is 1.55. The maximum atomic E-state index is 15.3. The molecule has 13 heteroatoms. The molecule has 0 radical (unpaired) electrons. The van der Waals surface area contributed by atoms with Crippen LogP contribution in [0.3, 0.4) is 0 Å². The number of nitrogens with zero attached hydrogens (tertiary/aromatic N) is 3. The first-order chi connectivity index (χ1) is 15.1. The van der Waals surface area contributed by atoms with Crippen LogP contribution in [-0.2, 0) is 5.79 Å². The van der Waals surface area contributed by atoms with E-state index in [0.717, 1.165) is 13.0 Å². The number of fused-ring (bicyclic) bond motifs is 1. The van der Waals surface area contributed by atoms with E-state index in [1.807, 2.05) is 0 Å². The number of furan rings is 1. The lowest BCUT2D eigenvalue weighted by molar-refractivity contribution is -0.0664. The minimum Gasteiger partial charge on any atom is -0.452 e. The van der Waals surface area contributed by atoms with Gasteiger partial charge in [-0.1, -0.05) is 0 Å². The monoisotopic (exact) mass is 457 g/mol. The van der Waals surface area contributed by atoms with Crippen molar-refractivity contribution in [2.45, 2.75) is 25.2 Å². The average Bonchev–Trinajstić information content (AvgIpc) is 3.03. The molecule has 0 aliphatic carbocycles. The summed E-state index contributed by atoms with van der Waals surface area (Å²) < 4.78 is 75.0. The Morgan fingerprint density at radius 3 is 2.53 bits per heavy atom. The third-order valence-electron chi connectivity index (χ3n) is 4.92. The molecule has 3 N–H and O–H groups in total. The normalized spacial score (nSPS) is 16.2. The highest BCUT2D eigenvalue weighted by atomic mass is 19.3. The summed E-state index contributed by atoms with van der Waals surface area (Å²) in [5.41, 5.74) is -0.951. The number of aryl methyl sites for hydroxylation is 1. The molecule has 2 aromatic heterocycles. The molecule has 0 spiro atoms. The summed E-state index contributed by atoms with van der Waals surface area (Å²) in [7, 11) is 0. The third kappa shape index (κ3) is 3.79. The Kier molecular flexibility index (Phi) is 5.36. The van der Waals surface area contributed by atoms with E-state index in [0.29, 0.717) is 19.2 Å². The molecule has 32 heavy (non-hydrogen) atoms. The van der Waals surface area contributed by atoms with Crippen molar-refractivity contribution in [2.24, 2.45) is 0 Å². The van der Waals surface area contributed by atoms with Gasteiger partial charge in [-0.25, -0.2) is 36.7 Å². The van der Waals surface area contributed by atoms with E-state index in [-0.39, 0.29) is 22.6 Å². The molecular weight excluding hydrogens is 441 g/mol. The highest BCUT2D eigenvalue weighted by Gasteiger charge is 2.49. The smallest absolute Gasteiger partial charge is 0.322 e. The van der Waals surface area contributed by atoms with Crippen LogP contribution in [0.15, 0.2) is 28.9 Å².